The third-order valence-corrected chi connectivity index (χ3v) is 1.31. The highest BCUT2D eigenvalue weighted by atomic mass is 19.4. The van der Waals surface area contributed by atoms with Crippen LogP contribution in [-0.4, -0.2) is 9.55 Å². The average molecular weight is 164 g/mol. The topological polar surface area (TPSA) is 17.8 Å². The minimum Gasteiger partial charge on any atom is -0.245 e. The van der Waals surface area contributed by atoms with Gasteiger partial charge in [0, 0.05) is 18.8 Å². The number of hydrogen-bond acceptors (Lipinski definition) is 1. The van der Waals surface area contributed by atoms with Gasteiger partial charge < -0.3 is 0 Å². The molecule has 0 unspecified atom stereocenters. The van der Waals surface area contributed by atoms with Crippen LogP contribution in [0.5, 0.6) is 0 Å². The first-order valence-corrected chi connectivity index (χ1v) is 3.15. The summed E-state index contributed by atoms with van der Waals surface area (Å²) >= 11 is 0. The molecule has 0 amide bonds. The molecule has 0 radical (unpaired) electrons. The number of nitrogens with zero attached hydrogens (tertiary/aromatic N) is 2. The Morgan fingerprint density at radius 1 is 1.55 bits per heavy atom. The van der Waals surface area contributed by atoms with Crippen LogP contribution in [0.2, 0.25) is 0 Å². The fraction of sp³-hybridized carbons (Fsp3) is 0.500. The van der Waals surface area contributed by atoms with E-state index in [9.17, 15) is 13.2 Å². The van der Waals surface area contributed by atoms with E-state index in [0.717, 1.165) is 12.4 Å². The van der Waals surface area contributed by atoms with Crippen molar-refractivity contribution < 1.29 is 13.2 Å². The summed E-state index contributed by atoms with van der Waals surface area (Å²) < 4.78 is 36.2. The van der Waals surface area contributed by atoms with Crippen LogP contribution in [0.4, 0.5) is 13.2 Å². The molecule has 1 aromatic heterocycles. The molecule has 0 saturated heterocycles. The van der Waals surface area contributed by atoms with Crippen LogP contribution in [0.1, 0.15) is 12.7 Å². The zero-order chi connectivity index (χ0) is 8.48. The number of alkyl halides is 3. The molecule has 0 atom stereocenters. The fourth-order valence-corrected chi connectivity index (χ4v) is 0.827. The van der Waals surface area contributed by atoms with Gasteiger partial charge in [0.15, 0.2) is 0 Å². The lowest BCUT2D eigenvalue weighted by atomic mass is 10.4. The van der Waals surface area contributed by atoms with E-state index in [-0.39, 0.29) is 16.8 Å². The Kier molecular flexibility index (Phi) is 1.89. The predicted octanol–water partition coefficient (Wildman–Crippen LogP) is 1.92. The van der Waals surface area contributed by atoms with Gasteiger partial charge in [-0.25, -0.2) is 9.55 Å². The summed E-state index contributed by atoms with van der Waals surface area (Å²) in [6.45, 7) is 1.63. The smallest absolute Gasteiger partial charge is 0.245 e. The van der Waals surface area contributed by atoms with Crippen molar-refractivity contribution in [2.75, 3.05) is 0 Å². The lowest BCUT2D eigenvalue weighted by Crippen LogP contribution is -2.18. The lowest BCUT2D eigenvalue weighted by molar-refractivity contribution is -0.205. The van der Waals surface area contributed by atoms with E-state index < -0.39 is 6.30 Å². The minimum atomic E-state index is -4.33. The van der Waals surface area contributed by atoms with Gasteiger partial charge >= 0.3 is 6.30 Å². The van der Waals surface area contributed by atoms with Crippen LogP contribution >= 0.6 is 0 Å². The van der Waals surface area contributed by atoms with Crippen LogP contribution in [0.3, 0.4) is 0 Å². The van der Waals surface area contributed by atoms with Crippen molar-refractivity contribution in [3.05, 3.63) is 18.2 Å². The third-order valence-electron chi connectivity index (χ3n) is 1.31. The normalized spacial score (nSPS) is 12.0. The van der Waals surface area contributed by atoms with Gasteiger partial charge in [-0.15, -0.1) is 13.2 Å². The first-order valence-electron chi connectivity index (χ1n) is 3.15. The van der Waals surface area contributed by atoms with E-state index in [0.29, 0.717) is 0 Å². The summed E-state index contributed by atoms with van der Waals surface area (Å²) in [7, 11) is 0. The second-order valence-electron chi connectivity index (χ2n) is 2.03. The molecular formula is C6H7F3N2. The summed E-state index contributed by atoms with van der Waals surface area (Å²) in [5.41, 5.74) is 0. The van der Waals surface area contributed by atoms with Gasteiger partial charge in [-0.1, -0.05) is 6.92 Å². The number of aryl methyl sites for hydroxylation is 1. The third kappa shape index (κ3) is 1.53. The largest absolute Gasteiger partial charge is 0.489 e. The molecule has 1 rings (SSSR count). The maximum absolute atomic E-state index is 12.0. The van der Waals surface area contributed by atoms with Crippen molar-refractivity contribution in [3.8, 4) is 0 Å². The molecule has 0 aliphatic rings. The molecule has 0 saturated carbocycles. The Bertz CT molecular complexity index is 238. The number of imidazole rings is 1. The second-order valence-corrected chi connectivity index (χ2v) is 2.03. The Labute approximate surface area is 61.7 Å². The van der Waals surface area contributed by atoms with Crippen molar-refractivity contribution in [3.63, 3.8) is 0 Å². The van der Waals surface area contributed by atoms with Crippen molar-refractivity contribution in [2.24, 2.45) is 0 Å². The maximum Gasteiger partial charge on any atom is 0.489 e. The molecule has 5 heteroatoms. The van der Waals surface area contributed by atoms with E-state index in [1.807, 2.05) is 0 Å². The Morgan fingerprint density at radius 2 is 2.18 bits per heavy atom. The molecule has 0 spiro atoms. The highest BCUT2D eigenvalue weighted by molar-refractivity contribution is 4.92. The maximum atomic E-state index is 12.0. The van der Waals surface area contributed by atoms with Gasteiger partial charge in [0.1, 0.15) is 5.82 Å². The summed E-state index contributed by atoms with van der Waals surface area (Å²) in [6, 6.07) is 0. The van der Waals surface area contributed by atoms with Crippen LogP contribution in [0.15, 0.2) is 12.4 Å². The van der Waals surface area contributed by atoms with Gasteiger partial charge in [0.05, 0.1) is 0 Å². The zero-order valence-corrected chi connectivity index (χ0v) is 5.89. The number of halogens is 3. The molecule has 0 fully saturated rings. The van der Waals surface area contributed by atoms with Crippen LogP contribution in [0.25, 0.3) is 0 Å². The molecule has 1 heterocycles. The van der Waals surface area contributed by atoms with Gasteiger partial charge in [0.2, 0.25) is 0 Å². The molecule has 2 nitrogen and oxygen atoms in total. The van der Waals surface area contributed by atoms with E-state index in [4.69, 9.17) is 0 Å². The summed E-state index contributed by atoms with van der Waals surface area (Å²) in [5.74, 6) is 0.0394. The van der Waals surface area contributed by atoms with E-state index in [1.165, 1.54) is 0 Å². The fourth-order valence-electron chi connectivity index (χ4n) is 0.827. The molecule has 0 N–H and O–H groups in total. The van der Waals surface area contributed by atoms with E-state index >= 15 is 0 Å². The van der Waals surface area contributed by atoms with E-state index in [1.54, 1.807) is 6.92 Å². The quantitative estimate of drug-likeness (QED) is 0.620. The zero-order valence-electron chi connectivity index (χ0n) is 5.89. The molecule has 11 heavy (non-hydrogen) atoms. The van der Waals surface area contributed by atoms with Crippen LogP contribution in [0, 0.1) is 0 Å². The van der Waals surface area contributed by atoms with Crippen molar-refractivity contribution in [2.45, 2.75) is 19.6 Å². The minimum absolute atomic E-state index is 0.0394. The van der Waals surface area contributed by atoms with Crippen LogP contribution in [-0.2, 0) is 12.7 Å². The first kappa shape index (κ1) is 8.10. The number of aromatic nitrogens is 2. The van der Waals surface area contributed by atoms with E-state index in [2.05, 4.69) is 4.98 Å². The Morgan fingerprint density at radius 3 is 2.55 bits per heavy atom. The molecule has 0 aliphatic heterocycles. The molecule has 1 aromatic rings. The van der Waals surface area contributed by atoms with Crippen LogP contribution < -0.4 is 0 Å². The predicted molar refractivity (Wildman–Crippen MR) is 32.9 cm³/mol. The molecule has 62 valence electrons. The van der Waals surface area contributed by atoms with Crippen molar-refractivity contribution >= 4 is 0 Å². The standard InChI is InChI=1S/C6H7F3N2/c1-2-5-10-3-4-11(5)6(7,8)9/h3-4H,2H2,1H3. The highest BCUT2D eigenvalue weighted by Gasteiger charge is 2.31. The molecule has 0 bridgehead atoms. The molecule has 0 aliphatic carbocycles. The van der Waals surface area contributed by atoms with Gasteiger partial charge in [-0.2, -0.15) is 0 Å². The summed E-state index contributed by atoms with van der Waals surface area (Å²) in [4.78, 5) is 3.54. The van der Waals surface area contributed by atoms with Crippen molar-refractivity contribution in [1.82, 2.24) is 9.55 Å². The lowest BCUT2D eigenvalue weighted by Gasteiger charge is -2.09. The molecule has 0 aromatic carbocycles. The SMILES string of the molecule is CCc1nccn1C(F)(F)F. The highest BCUT2D eigenvalue weighted by Crippen LogP contribution is 2.23. The number of hydrogen-bond donors (Lipinski definition) is 0. The summed E-state index contributed by atoms with van der Waals surface area (Å²) in [6.07, 6.45) is -1.99. The second kappa shape index (κ2) is 2.56. The van der Waals surface area contributed by atoms with Gasteiger partial charge in [0.25, 0.3) is 0 Å². The monoisotopic (exact) mass is 164 g/mol. The van der Waals surface area contributed by atoms with Gasteiger partial charge in [-0.05, 0) is 0 Å². The first-order chi connectivity index (χ1) is 5.05. The molecular weight excluding hydrogens is 157 g/mol. The van der Waals surface area contributed by atoms with Gasteiger partial charge in [-0.3, -0.25) is 0 Å². The Hall–Kier alpha value is -1.00. The summed E-state index contributed by atoms with van der Waals surface area (Å²) in [5, 5.41) is 0. The average Bonchev–Trinajstić information content (AvgIpc) is 2.31. The number of rotatable bonds is 1. The van der Waals surface area contributed by atoms with Crippen molar-refractivity contribution in [1.29, 1.82) is 0 Å². The Balaban J connectivity index is 3.02.